The maximum atomic E-state index is 12.6. The predicted octanol–water partition coefficient (Wildman–Crippen LogP) is 3.12. The maximum absolute atomic E-state index is 12.6. The van der Waals surface area contributed by atoms with E-state index < -0.39 is 0 Å². The van der Waals surface area contributed by atoms with Gasteiger partial charge in [0.25, 0.3) is 5.91 Å². The SMILES string of the molecule is Cc1nc2ccc(C(=O)N(C)C(C)C3CC3)cc2nc1C. The van der Waals surface area contributed by atoms with Crippen LogP contribution in [0.2, 0.25) is 0 Å². The summed E-state index contributed by atoms with van der Waals surface area (Å²) < 4.78 is 0. The van der Waals surface area contributed by atoms with Gasteiger partial charge in [0.15, 0.2) is 0 Å². The summed E-state index contributed by atoms with van der Waals surface area (Å²) in [6.45, 7) is 6.02. The molecule has 1 aromatic carbocycles. The zero-order valence-corrected chi connectivity index (χ0v) is 13.1. The van der Waals surface area contributed by atoms with E-state index in [1.165, 1.54) is 12.8 Å². The Balaban J connectivity index is 1.92. The quantitative estimate of drug-likeness (QED) is 0.869. The van der Waals surface area contributed by atoms with Gasteiger partial charge < -0.3 is 4.90 Å². The summed E-state index contributed by atoms with van der Waals surface area (Å²) in [5.74, 6) is 0.737. The average molecular weight is 283 g/mol. The number of hydrogen-bond acceptors (Lipinski definition) is 3. The summed E-state index contributed by atoms with van der Waals surface area (Å²) >= 11 is 0. The van der Waals surface area contributed by atoms with Gasteiger partial charge in [-0.05, 0) is 57.7 Å². The number of fused-ring (bicyclic) bond motifs is 1. The minimum Gasteiger partial charge on any atom is -0.339 e. The first kappa shape index (κ1) is 14.0. The standard InChI is InChI=1S/C17H21N3O/c1-10-11(2)19-16-9-14(7-8-15(16)18-10)17(21)20(4)12(3)13-5-6-13/h7-9,12-13H,5-6H2,1-4H3. The Hall–Kier alpha value is -1.97. The van der Waals surface area contributed by atoms with E-state index in [1.807, 2.05) is 44.0 Å². The molecule has 1 unspecified atom stereocenters. The lowest BCUT2D eigenvalue weighted by Gasteiger charge is -2.25. The van der Waals surface area contributed by atoms with E-state index in [1.54, 1.807) is 0 Å². The van der Waals surface area contributed by atoms with Crippen molar-refractivity contribution in [1.29, 1.82) is 0 Å². The van der Waals surface area contributed by atoms with Crippen LogP contribution < -0.4 is 0 Å². The minimum atomic E-state index is 0.0660. The monoisotopic (exact) mass is 283 g/mol. The van der Waals surface area contributed by atoms with Gasteiger partial charge >= 0.3 is 0 Å². The molecule has 1 aliphatic carbocycles. The number of carbonyl (C=O) groups excluding carboxylic acids is 1. The van der Waals surface area contributed by atoms with Crippen molar-refractivity contribution in [3.05, 3.63) is 35.2 Å². The van der Waals surface area contributed by atoms with Gasteiger partial charge in [-0.1, -0.05) is 0 Å². The lowest BCUT2D eigenvalue weighted by atomic mass is 10.1. The van der Waals surface area contributed by atoms with E-state index in [2.05, 4.69) is 16.9 Å². The molecule has 0 N–H and O–H groups in total. The van der Waals surface area contributed by atoms with Crippen molar-refractivity contribution in [3.8, 4) is 0 Å². The van der Waals surface area contributed by atoms with Crippen LogP contribution in [-0.2, 0) is 0 Å². The van der Waals surface area contributed by atoms with Crippen molar-refractivity contribution in [2.45, 2.75) is 39.7 Å². The van der Waals surface area contributed by atoms with Crippen molar-refractivity contribution in [1.82, 2.24) is 14.9 Å². The molecule has 21 heavy (non-hydrogen) atoms. The summed E-state index contributed by atoms with van der Waals surface area (Å²) in [5.41, 5.74) is 4.16. The van der Waals surface area contributed by atoms with Gasteiger partial charge in [0.2, 0.25) is 0 Å². The summed E-state index contributed by atoms with van der Waals surface area (Å²) in [6, 6.07) is 5.90. The van der Waals surface area contributed by atoms with Crippen LogP contribution >= 0.6 is 0 Å². The van der Waals surface area contributed by atoms with E-state index >= 15 is 0 Å². The molecule has 1 amide bonds. The second kappa shape index (κ2) is 5.10. The smallest absolute Gasteiger partial charge is 0.253 e. The summed E-state index contributed by atoms with van der Waals surface area (Å²) in [6.07, 6.45) is 2.47. The van der Waals surface area contributed by atoms with Crippen LogP contribution in [0.4, 0.5) is 0 Å². The molecule has 1 fully saturated rings. The highest BCUT2D eigenvalue weighted by atomic mass is 16.2. The zero-order chi connectivity index (χ0) is 15.1. The topological polar surface area (TPSA) is 46.1 Å². The van der Waals surface area contributed by atoms with Gasteiger partial charge in [0.05, 0.1) is 22.4 Å². The number of hydrogen-bond donors (Lipinski definition) is 0. The molecular weight excluding hydrogens is 262 g/mol. The van der Waals surface area contributed by atoms with Gasteiger partial charge in [-0.3, -0.25) is 4.79 Å². The molecule has 110 valence electrons. The molecule has 1 aromatic heterocycles. The highest BCUT2D eigenvalue weighted by Gasteiger charge is 2.32. The number of aromatic nitrogens is 2. The number of benzene rings is 1. The molecular formula is C17H21N3O. The van der Waals surface area contributed by atoms with Gasteiger partial charge in [0, 0.05) is 18.7 Å². The lowest BCUT2D eigenvalue weighted by Crippen LogP contribution is -2.36. The average Bonchev–Trinajstić information content (AvgIpc) is 3.30. The summed E-state index contributed by atoms with van der Waals surface area (Å²) in [5, 5.41) is 0. The molecule has 4 nitrogen and oxygen atoms in total. The van der Waals surface area contributed by atoms with Crippen molar-refractivity contribution in [2.24, 2.45) is 5.92 Å². The first-order chi connectivity index (χ1) is 9.97. The van der Waals surface area contributed by atoms with Crippen molar-refractivity contribution in [3.63, 3.8) is 0 Å². The fourth-order valence-electron chi connectivity index (χ4n) is 2.65. The maximum Gasteiger partial charge on any atom is 0.253 e. The van der Waals surface area contributed by atoms with Crippen LogP contribution in [0.15, 0.2) is 18.2 Å². The Morgan fingerprint density at radius 2 is 1.81 bits per heavy atom. The van der Waals surface area contributed by atoms with Gasteiger partial charge in [-0.15, -0.1) is 0 Å². The number of rotatable bonds is 3. The Labute approximate surface area is 125 Å². The highest BCUT2D eigenvalue weighted by Crippen LogP contribution is 2.35. The first-order valence-corrected chi connectivity index (χ1v) is 7.49. The molecule has 0 saturated heterocycles. The number of carbonyl (C=O) groups is 1. The number of nitrogens with zero attached hydrogens (tertiary/aromatic N) is 3. The van der Waals surface area contributed by atoms with E-state index in [-0.39, 0.29) is 5.91 Å². The minimum absolute atomic E-state index is 0.0660. The van der Waals surface area contributed by atoms with E-state index in [9.17, 15) is 4.79 Å². The molecule has 1 saturated carbocycles. The summed E-state index contributed by atoms with van der Waals surface area (Å²) in [7, 11) is 1.89. The van der Waals surface area contributed by atoms with Crippen molar-refractivity contribution < 1.29 is 4.79 Å². The van der Waals surface area contributed by atoms with E-state index in [4.69, 9.17) is 0 Å². The molecule has 1 atom stereocenters. The third kappa shape index (κ3) is 2.62. The number of amides is 1. The normalized spacial score (nSPS) is 16.0. The van der Waals surface area contributed by atoms with Crippen LogP contribution in [0, 0.1) is 19.8 Å². The van der Waals surface area contributed by atoms with Gasteiger partial charge in [-0.25, -0.2) is 9.97 Å². The third-order valence-corrected chi connectivity index (χ3v) is 4.56. The second-order valence-corrected chi connectivity index (χ2v) is 6.09. The van der Waals surface area contributed by atoms with Crippen molar-refractivity contribution >= 4 is 16.9 Å². The molecule has 2 aromatic rings. The first-order valence-electron chi connectivity index (χ1n) is 7.49. The van der Waals surface area contributed by atoms with Crippen LogP contribution in [0.25, 0.3) is 11.0 Å². The van der Waals surface area contributed by atoms with Gasteiger partial charge in [-0.2, -0.15) is 0 Å². The number of aryl methyl sites for hydroxylation is 2. The van der Waals surface area contributed by atoms with Crippen LogP contribution in [0.1, 0.15) is 41.5 Å². The van der Waals surface area contributed by atoms with Crippen LogP contribution in [-0.4, -0.2) is 33.9 Å². The fraction of sp³-hybridized carbons (Fsp3) is 0.471. The zero-order valence-electron chi connectivity index (χ0n) is 13.1. The molecule has 0 spiro atoms. The lowest BCUT2D eigenvalue weighted by molar-refractivity contribution is 0.0727. The second-order valence-electron chi connectivity index (χ2n) is 6.09. The molecule has 3 rings (SSSR count). The molecule has 1 heterocycles. The van der Waals surface area contributed by atoms with E-state index in [0.717, 1.165) is 22.4 Å². The molecule has 4 heteroatoms. The van der Waals surface area contributed by atoms with Crippen LogP contribution in [0.3, 0.4) is 0 Å². The predicted molar refractivity (Wildman–Crippen MR) is 83.3 cm³/mol. The third-order valence-electron chi connectivity index (χ3n) is 4.56. The Bertz CT molecular complexity index is 706. The van der Waals surface area contributed by atoms with Gasteiger partial charge in [0.1, 0.15) is 0 Å². The largest absolute Gasteiger partial charge is 0.339 e. The van der Waals surface area contributed by atoms with Crippen molar-refractivity contribution in [2.75, 3.05) is 7.05 Å². The Morgan fingerprint density at radius 1 is 1.19 bits per heavy atom. The highest BCUT2D eigenvalue weighted by molar-refractivity contribution is 5.97. The molecule has 0 aliphatic heterocycles. The fourth-order valence-corrected chi connectivity index (χ4v) is 2.65. The molecule has 0 radical (unpaired) electrons. The molecule has 0 bridgehead atoms. The Kier molecular flexibility index (Phi) is 3.40. The Morgan fingerprint density at radius 3 is 2.43 bits per heavy atom. The van der Waals surface area contributed by atoms with E-state index in [0.29, 0.717) is 17.5 Å². The molecule has 1 aliphatic rings. The van der Waals surface area contributed by atoms with Crippen LogP contribution in [0.5, 0.6) is 0 Å². The summed E-state index contributed by atoms with van der Waals surface area (Å²) in [4.78, 5) is 23.5.